The lowest BCUT2D eigenvalue weighted by atomic mass is 10.2. The van der Waals surface area contributed by atoms with Crippen molar-refractivity contribution in [3.05, 3.63) is 101 Å². The van der Waals surface area contributed by atoms with Crippen LogP contribution in [0.4, 0.5) is 0 Å². The first-order valence-corrected chi connectivity index (χ1v) is 8.78. The normalized spacial score (nSPS) is 10.6. The van der Waals surface area contributed by atoms with Gasteiger partial charge in [0.1, 0.15) is 11.5 Å². The SMILES string of the molecule is O=C(NCc1cccc(Oc2ccccc2)c1)c1nc2ccccc2c(=O)[nH]1. The molecule has 0 atom stereocenters. The van der Waals surface area contributed by atoms with E-state index in [4.69, 9.17) is 4.74 Å². The average molecular weight is 371 g/mol. The largest absolute Gasteiger partial charge is 0.457 e. The molecule has 0 aliphatic rings. The second kappa shape index (κ2) is 7.75. The van der Waals surface area contributed by atoms with E-state index in [-0.39, 0.29) is 17.9 Å². The molecule has 1 aromatic heterocycles. The highest BCUT2D eigenvalue weighted by Crippen LogP contribution is 2.21. The number of hydrogen-bond donors (Lipinski definition) is 2. The highest BCUT2D eigenvalue weighted by atomic mass is 16.5. The summed E-state index contributed by atoms with van der Waals surface area (Å²) in [6, 6.07) is 23.8. The van der Waals surface area contributed by atoms with E-state index < -0.39 is 5.91 Å². The van der Waals surface area contributed by atoms with Gasteiger partial charge >= 0.3 is 0 Å². The van der Waals surface area contributed by atoms with E-state index in [1.807, 2.05) is 54.6 Å². The second-order valence-electron chi connectivity index (χ2n) is 6.18. The van der Waals surface area contributed by atoms with Gasteiger partial charge in [0, 0.05) is 6.54 Å². The molecule has 0 bridgehead atoms. The second-order valence-corrected chi connectivity index (χ2v) is 6.18. The molecular weight excluding hydrogens is 354 g/mol. The van der Waals surface area contributed by atoms with Crippen LogP contribution in [0.15, 0.2) is 83.7 Å². The Bertz CT molecular complexity index is 1190. The molecule has 1 heterocycles. The number of hydrogen-bond acceptors (Lipinski definition) is 4. The lowest BCUT2D eigenvalue weighted by molar-refractivity contribution is 0.0940. The van der Waals surface area contributed by atoms with Crippen LogP contribution < -0.4 is 15.6 Å². The molecule has 0 unspecified atom stereocenters. The number of carbonyl (C=O) groups is 1. The quantitative estimate of drug-likeness (QED) is 0.561. The molecule has 0 spiro atoms. The Balaban J connectivity index is 1.46. The monoisotopic (exact) mass is 371 g/mol. The number of nitrogens with one attached hydrogen (secondary N) is 2. The molecule has 0 saturated heterocycles. The predicted molar refractivity (Wildman–Crippen MR) is 106 cm³/mol. The summed E-state index contributed by atoms with van der Waals surface area (Å²) in [5.41, 5.74) is 1.01. The first kappa shape index (κ1) is 17.5. The zero-order valence-electron chi connectivity index (χ0n) is 14.9. The van der Waals surface area contributed by atoms with Crippen LogP contribution in [0.25, 0.3) is 10.9 Å². The Morgan fingerprint density at radius 1 is 0.929 bits per heavy atom. The summed E-state index contributed by atoms with van der Waals surface area (Å²) in [5, 5.41) is 3.22. The molecule has 6 nitrogen and oxygen atoms in total. The number of benzene rings is 3. The molecule has 3 aromatic carbocycles. The fraction of sp³-hybridized carbons (Fsp3) is 0.0455. The van der Waals surface area contributed by atoms with Crippen molar-refractivity contribution in [3.63, 3.8) is 0 Å². The van der Waals surface area contributed by atoms with Gasteiger partial charge in [-0.1, -0.05) is 42.5 Å². The van der Waals surface area contributed by atoms with E-state index in [0.29, 0.717) is 16.7 Å². The Labute approximate surface area is 160 Å². The van der Waals surface area contributed by atoms with E-state index in [9.17, 15) is 9.59 Å². The van der Waals surface area contributed by atoms with Gasteiger partial charge in [-0.25, -0.2) is 4.98 Å². The third-order valence-corrected chi connectivity index (χ3v) is 4.16. The van der Waals surface area contributed by atoms with Crippen LogP contribution in [-0.4, -0.2) is 15.9 Å². The van der Waals surface area contributed by atoms with Gasteiger partial charge in [-0.2, -0.15) is 0 Å². The van der Waals surface area contributed by atoms with Gasteiger partial charge in [-0.3, -0.25) is 9.59 Å². The van der Waals surface area contributed by atoms with Crippen molar-refractivity contribution in [3.8, 4) is 11.5 Å². The Morgan fingerprint density at radius 3 is 2.54 bits per heavy atom. The molecule has 138 valence electrons. The van der Waals surface area contributed by atoms with E-state index in [1.54, 1.807) is 24.3 Å². The minimum atomic E-state index is -0.447. The molecular formula is C22H17N3O3. The van der Waals surface area contributed by atoms with Crippen molar-refractivity contribution in [2.24, 2.45) is 0 Å². The third kappa shape index (κ3) is 3.91. The average Bonchev–Trinajstić information content (AvgIpc) is 2.73. The first-order chi connectivity index (χ1) is 13.7. The van der Waals surface area contributed by atoms with Gasteiger partial charge in [0.05, 0.1) is 10.9 Å². The minimum absolute atomic E-state index is 0.0135. The Hall–Kier alpha value is -3.93. The number of fused-ring (bicyclic) bond motifs is 1. The van der Waals surface area contributed by atoms with Gasteiger partial charge in [0.2, 0.25) is 0 Å². The van der Waals surface area contributed by atoms with Gasteiger partial charge < -0.3 is 15.0 Å². The van der Waals surface area contributed by atoms with E-state index in [2.05, 4.69) is 15.3 Å². The number of ether oxygens (including phenoxy) is 1. The summed E-state index contributed by atoms with van der Waals surface area (Å²) in [5.74, 6) is 0.953. The van der Waals surface area contributed by atoms with E-state index in [1.165, 1.54) is 0 Å². The van der Waals surface area contributed by atoms with Gasteiger partial charge in [-0.15, -0.1) is 0 Å². The number of H-pyrrole nitrogens is 1. The van der Waals surface area contributed by atoms with Crippen LogP contribution in [0.2, 0.25) is 0 Å². The molecule has 0 saturated carbocycles. The van der Waals surface area contributed by atoms with Crippen molar-refractivity contribution < 1.29 is 9.53 Å². The Kier molecular flexibility index (Phi) is 4.84. The van der Waals surface area contributed by atoms with Crippen LogP contribution in [0.5, 0.6) is 11.5 Å². The maximum absolute atomic E-state index is 12.4. The molecule has 2 N–H and O–H groups in total. The molecule has 28 heavy (non-hydrogen) atoms. The molecule has 1 amide bonds. The van der Waals surface area contributed by atoms with E-state index in [0.717, 1.165) is 11.3 Å². The zero-order valence-corrected chi connectivity index (χ0v) is 14.9. The number of para-hydroxylation sites is 2. The van der Waals surface area contributed by atoms with Gasteiger partial charge in [0.15, 0.2) is 5.82 Å². The topological polar surface area (TPSA) is 84.1 Å². The third-order valence-electron chi connectivity index (χ3n) is 4.16. The molecule has 0 radical (unpaired) electrons. The number of rotatable bonds is 5. The number of aromatic nitrogens is 2. The lowest BCUT2D eigenvalue weighted by Gasteiger charge is -2.09. The highest BCUT2D eigenvalue weighted by Gasteiger charge is 2.11. The standard InChI is InChI=1S/C22H17N3O3/c26-21-18-11-4-5-12-19(18)24-20(25-21)22(27)23-14-15-7-6-10-17(13-15)28-16-8-2-1-3-9-16/h1-13H,14H2,(H,23,27)(H,24,25,26). The number of carbonyl (C=O) groups excluding carboxylic acids is 1. The number of amides is 1. The molecule has 6 heteroatoms. The summed E-state index contributed by atoms with van der Waals surface area (Å²) < 4.78 is 5.80. The van der Waals surface area contributed by atoms with E-state index >= 15 is 0 Å². The van der Waals surface area contributed by atoms with Crippen molar-refractivity contribution in [2.75, 3.05) is 0 Å². The van der Waals surface area contributed by atoms with Gasteiger partial charge in [0.25, 0.3) is 11.5 Å². The fourth-order valence-electron chi connectivity index (χ4n) is 2.80. The summed E-state index contributed by atoms with van der Waals surface area (Å²) in [6.45, 7) is 0.279. The zero-order chi connectivity index (χ0) is 19.3. The summed E-state index contributed by atoms with van der Waals surface area (Å²) in [7, 11) is 0. The molecule has 0 aliphatic carbocycles. The van der Waals surface area contributed by atoms with Crippen LogP contribution >= 0.6 is 0 Å². The van der Waals surface area contributed by atoms with Crippen LogP contribution in [-0.2, 0) is 6.54 Å². The van der Waals surface area contributed by atoms with Crippen molar-refractivity contribution in [1.82, 2.24) is 15.3 Å². The maximum atomic E-state index is 12.4. The number of nitrogens with zero attached hydrogens (tertiary/aromatic N) is 1. The number of aromatic amines is 1. The fourth-order valence-corrected chi connectivity index (χ4v) is 2.80. The molecule has 4 rings (SSSR count). The first-order valence-electron chi connectivity index (χ1n) is 8.78. The summed E-state index contributed by atoms with van der Waals surface area (Å²) in [6.07, 6.45) is 0. The molecule has 0 aliphatic heterocycles. The van der Waals surface area contributed by atoms with Crippen molar-refractivity contribution >= 4 is 16.8 Å². The van der Waals surface area contributed by atoms with Crippen LogP contribution in [0, 0.1) is 0 Å². The molecule has 4 aromatic rings. The maximum Gasteiger partial charge on any atom is 0.287 e. The van der Waals surface area contributed by atoms with Crippen molar-refractivity contribution in [1.29, 1.82) is 0 Å². The van der Waals surface area contributed by atoms with Crippen LogP contribution in [0.3, 0.4) is 0 Å². The van der Waals surface area contributed by atoms with Crippen molar-refractivity contribution in [2.45, 2.75) is 6.54 Å². The highest BCUT2D eigenvalue weighted by molar-refractivity contribution is 5.92. The summed E-state index contributed by atoms with van der Waals surface area (Å²) in [4.78, 5) is 31.3. The summed E-state index contributed by atoms with van der Waals surface area (Å²) >= 11 is 0. The predicted octanol–water partition coefficient (Wildman–Crippen LogP) is 3.65. The smallest absolute Gasteiger partial charge is 0.287 e. The molecule has 0 fully saturated rings. The van der Waals surface area contributed by atoms with Crippen LogP contribution in [0.1, 0.15) is 16.2 Å². The lowest BCUT2D eigenvalue weighted by Crippen LogP contribution is -2.27. The Morgan fingerprint density at radius 2 is 1.68 bits per heavy atom. The van der Waals surface area contributed by atoms with Gasteiger partial charge in [-0.05, 0) is 42.0 Å². The minimum Gasteiger partial charge on any atom is -0.457 e.